The average Bonchev–Trinajstić information content (AvgIpc) is 2.11. The van der Waals surface area contributed by atoms with Crippen LogP contribution in [0, 0.1) is 0 Å². The predicted octanol–water partition coefficient (Wildman–Crippen LogP) is 0.735. The third kappa shape index (κ3) is 7.92. The number of hydrogen-bond donors (Lipinski definition) is 1. The minimum atomic E-state index is 0. The van der Waals surface area contributed by atoms with Gasteiger partial charge in [0.25, 0.3) is 0 Å². The van der Waals surface area contributed by atoms with Crippen LogP contribution in [-0.2, 0) is 0 Å². The van der Waals surface area contributed by atoms with Gasteiger partial charge in [0.1, 0.15) is 0 Å². The first-order valence-corrected chi connectivity index (χ1v) is 6.15. The van der Waals surface area contributed by atoms with Gasteiger partial charge in [-0.3, -0.25) is 0 Å². The van der Waals surface area contributed by atoms with Crippen LogP contribution in [0.5, 0.6) is 0 Å². The van der Waals surface area contributed by atoms with Gasteiger partial charge >= 0.3 is 18.9 Å². The molecule has 14 heavy (non-hydrogen) atoms. The Balaban J connectivity index is 0. The molecule has 0 unspecified atom stereocenters. The summed E-state index contributed by atoms with van der Waals surface area (Å²) in [6.45, 7) is 0. The first-order valence-electron chi connectivity index (χ1n) is 6.15. The molecule has 0 aromatic rings. The van der Waals surface area contributed by atoms with Crippen LogP contribution in [0.15, 0.2) is 0 Å². The van der Waals surface area contributed by atoms with E-state index in [-0.39, 0.29) is 20.3 Å². The number of hydrogen-bond acceptors (Lipinski definition) is 1. The molecule has 1 nitrogen and oxygen atoms in total. The van der Waals surface area contributed by atoms with Crippen LogP contribution < -0.4 is 24.6 Å². The first-order chi connectivity index (χ1) is 6.39. The smallest absolute Gasteiger partial charge is 1.00 e. The predicted molar refractivity (Wildman–Crippen MR) is 59.9 cm³/mol. The van der Waals surface area contributed by atoms with Crippen LogP contribution in [0.25, 0.3) is 0 Å². The maximum Gasteiger partial charge on any atom is 1.00 e. The molecule has 1 fully saturated rings. The second kappa shape index (κ2) is 10.1. The topological polar surface area (TPSA) is 26.0 Å². The fourth-order valence-electron chi connectivity index (χ4n) is 2.19. The molecule has 2 N–H and O–H groups in total. The fourth-order valence-corrected chi connectivity index (χ4v) is 2.19. The normalized spacial score (nSPS) is 22.9. The molecule has 80 valence electrons. The molecule has 0 radical (unpaired) electrons. The van der Waals surface area contributed by atoms with E-state index in [0.717, 1.165) is 0 Å². The first kappa shape index (κ1) is 14.6. The molecule has 0 heterocycles. The molecule has 0 atom stereocenters. The summed E-state index contributed by atoms with van der Waals surface area (Å²) >= 11 is 0. The van der Waals surface area contributed by atoms with Gasteiger partial charge in [-0.1, -0.05) is 57.8 Å². The van der Waals surface area contributed by atoms with Crippen LogP contribution in [-0.4, -0.2) is 6.04 Å². The maximum atomic E-state index is 6.01. The Kier molecular flexibility index (Phi) is 10.5. The van der Waals surface area contributed by atoms with Crippen molar-refractivity contribution in [3.63, 3.8) is 0 Å². The number of rotatable bonds is 0. The summed E-state index contributed by atoms with van der Waals surface area (Å²) in [5.41, 5.74) is 6.01. The van der Waals surface area contributed by atoms with Crippen LogP contribution in [0.2, 0.25) is 0 Å². The molecule has 0 aromatic carbocycles. The molecule has 0 amide bonds. The van der Waals surface area contributed by atoms with E-state index < -0.39 is 0 Å². The largest absolute Gasteiger partial charge is 1.00 e. The molecular weight excluding hydrogens is 165 g/mol. The summed E-state index contributed by atoms with van der Waals surface area (Å²) in [4.78, 5) is 0. The molecule has 2 heteroatoms. The molecule has 1 aliphatic carbocycles. The zero-order chi connectivity index (χ0) is 9.36. The van der Waals surface area contributed by atoms with Crippen molar-refractivity contribution in [3.8, 4) is 0 Å². The van der Waals surface area contributed by atoms with E-state index in [1.165, 1.54) is 70.6 Å². The molecular formula is C12H26LiN. The molecule has 0 spiro atoms. The van der Waals surface area contributed by atoms with E-state index in [2.05, 4.69) is 0 Å². The Bertz CT molecular complexity index is 110. The second-order valence-corrected chi connectivity index (χ2v) is 4.52. The van der Waals surface area contributed by atoms with Crippen molar-refractivity contribution in [2.75, 3.05) is 0 Å². The van der Waals surface area contributed by atoms with Crippen molar-refractivity contribution in [1.82, 2.24) is 0 Å². The summed E-state index contributed by atoms with van der Waals surface area (Å²) in [5, 5.41) is 0. The Morgan fingerprint density at radius 2 is 0.929 bits per heavy atom. The maximum absolute atomic E-state index is 6.01. The van der Waals surface area contributed by atoms with Gasteiger partial charge in [-0.15, -0.1) is 0 Å². The van der Waals surface area contributed by atoms with Crippen LogP contribution in [0.3, 0.4) is 0 Å². The third-order valence-electron chi connectivity index (χ3n) is 3.15. The fraction of sp³-hybridized carbons (Fsp3) is 1.00. The van der Waals surface area contributed by atoms with Gasteiger partial charge in [0.15, 0.2) is 0 Å². The standard InChI is InChI=1S/C12H25N.Li.H/c13-12-10-8-6-4-2-1-3-5-7-9-11-12;;/h12H,1-11,13H2;;/q;+1;-1. The zero-order valence-electron chi connectivity index (χ0n) is 10.9. The van der Waals surface area contributed by atoms with Gasteiger partial charge in [0, 0.05) is 6.04 Å². The van der Waals surface area contributed by atoms with Gasteiger partial charge in [0.05, 0.1) is 0 Å². The summed E-state index contributed by atoms with van der Waals surface area (Å²) in [5.74, 6) is 0. The van der Waals surface area contributed by atoms with Gasteiger partial charge < -0.3 is 7.16 Å². The quantitative estimate of drug-likeness (QED) is 0.561. The zero-order valence-corrected chi connectivity index (χ0v) is 9.93. The monoisotopic (exact) mass is 191 g/mol. The molecule has 1 rings (SSSR count). The minimum absolute atomic E-state index is 0. The Labute approximate surface area is 103 Å². The second-order valence-electron chi connectivity index (χ2n) is 4.52. The molecule has 0 aromatic heterocycles. The molecule has 1 aliphatic rings. The van der Waals surface area contributed by atoms with Crippen LogP contribution in [0.4, 0.5) is 0 Å². The van der Waals surface area contributed by atoms with Crippen molar-refractivity contribution < 1.29 is 20.3 Å². The van der Waals surface area contributed by atoms with Crippen molar-refractivity contribution >= 4 is 0 Å². The Hall–Kier alpha value is 0.557. The van der Waals surface area contributed by atoms with E-state index in [1.807, 2.05) is 0 Å². The Morgan fingerprint density at radius 1 is 0.643 bits per heavy atom. The summed E-state index contributed by atoms with van der Waals surface area (Å²) < 4.78 is 0. The average molecular weight is 191 g/mol. The van der Waals surface area contributed by atoms with E-state index >= 15 is 0 Å². The van der Waals surface area contributed by atoms with E-state index in [1.54, 1.807) is 0 Å². The van der Waals surface area contributed by atoms with Gasteiger partial charge in [0.2, 0.25) is 0 Å². The summed E-state index contributed by atoms with van der Waals surface area (Å²) in [7, 11) is 0. The minimum Gasteiger partial charge on any atom is -1.00 e. The summed E-state index contributed by atoms with van der Waals surface area (Å²) in [6, 6.07) is 0.499. The van der Waals surface area contributed by atoms with Crippen molar-refractivity contribution in [2.24, 2.45) is 5.73 Å². The summed E-state index contributed by atoms with van der Waals surface area (Å²) in [6.07, 6.45) is 15.3. The van der Waals surface area contributed by atoms with Crippen LogP contribution in [0.1, 0.15) is 72.1 Å². The SMILES string of the molecule is NC1CCCCCCCCCCC1.[H-].[Li+]. The third-order valence-corrected chi connectivity index (χ3v) is 3.15. The van der Waals surface area contributed by atoms with Crippen molar-refractivity contribution in [1.29, 1.82) is 0 Å². The van der Waals surface area contributed by atoms with E-state index in [0.29, 0.717) is 6.04 Å². The molecule has 0 bridgehead atoms. The van der Waals surface area contributed by atoms with E-state index in [4.69, 9.17) is 5.73 Å². The van der Waals surface area contributed by atoms with Crippen molar-refractivity contribution in [3.05, 3.63) is 0 Å². The molecule has 1 saturated carbocycles. The van der Waals surface area contributed by atoms with Gasteiger partial charge in [-0.2, -0.15) is 0 Å². The van der Waals surface area contributed by atoms with Crippen LogP contribution >= 0.6 is 0 Å². The Morgan fingerprint density at radius 3 is 1.29 bits per heavy atom. The molecule has 0 saturated heterocycles. The molecule has 0 aliphatic heterocycles. The van der Waals surface area contributed by atoms with Gasteiger partial charge in [-0.25, -0.2) is 0 Å². The van der Waals surface area contributed by atoms with Crippen molar-refractivity contribution in [2.45, 2.75) is 76.7 Å². The van der Waals surface area contributed by atoms with E-state index in [9.17, 15) is 0 Å². The van der Waals surface area contributed by atoms with Gasteiger partial charge in [-0.05, 0) is 12.8 Å². The number of nitrogens with two attached hydrogens (primary N) is 1.